The first-order chi connectivity index (χ1) is 9.43. The highest BCUT2D eigenvalue weighted by Gasteiger charge is 2.58. The Labute approximate surface area is 136 Å². The van der Waals surface area contributed by atoms with Crippen LogP contribution in [0.4, 0.5) is 13.2 Å². The second kappa shape index (κ2) is 6.60. The first kappa shape index (κ1) is 19.0. The molecule has 0 aliphatic heterocycles. The smallest absolute Gasteiger partial charge is 0.417 e. The topological polar surface area (TPSA) is 46.5 Å². The molecule has 124 valence electrons. The van der Waals surface area contributed by atoms with Gasteiger partial charge in [0.15, 0.2) is 5.60 Å². The average Bonchev–Trinajstić information content (AvgIpc) is 2.37. The average molecular weight is 422 g/mol. The maximum Gasteiger partial charge on any atom is 0.417 e. The van der Waals surface area contributed by atoms with Crippen LogP contribution >= 0.6 is 22.6 Å². The van der Waals surface area contributed by atoms with Crippen LogP contribution in [0.5, 0.6) is 0 Å². The van der Waals surface area contributed by atoms with Crippen molar-refractivity contribution in [2.45, 2.75) is 64.3 Å². The van der Waals surface area contributed by atoms with Crippen molar-refractivity contribution in [1.29, 1.82) is 0 Å². The van der Waals surface area contributed by atoms with Crippen LogP contribution in [-0.4, -0.2) is 33.4 Å². The predicted octanol–water partition coefficient (Wildman–Crippen LogP) is 3.86. The maximum absolute atomic E-state index is 13.0. The van der Waals surface area contributed by atoms with E-state index in [-0.39, 0.29) is 6.42 Å². The van der Waals surface area contributed by atoms with Crippen LogP contribution in [0.1, 0.15) is 46.5 Å². The molecule has 7 heteroatoms. The van der Waals surface area contributed by atoms with Gasteiger partial charge in [-0.25, -0.2) is 0 Å². The first-order valence-electron chi connectivity index (χ1n) is 6.99. The molecule has 0 amide bonds. The largest absolute Gasteiger partial charge is 0.462 e. The van der Waals surface area contributed by atoms with E-state index in [9.17, 15) is 23.1 Å². The van der Waals surface area contributed by atoms with Crippen molar-refractivity contribution in [3.63, 3.8) is 0 Å². The summed E-state index contributed by atoms with van der Waals surface area (Å²) in [5.41, 5.74) is -3.58. The second-order valence-electron chi connectivity index (χ2n) is 6.50. The number of alkyl halides is 4. The summed E-state index contributed by atoms with van der Waals surface area (Å²) in [6.07, 6.45) is -3.76. The van der Waals surface area contributed by atoms with E-state index >= 15 is 0 Å². The number of ether oxygens (including phenoxy) is 1. The minimum Gasteiger partial charge on any atom is -0.462 e. The van der Waals surface area contributed by atoms with Crippen molar-refractivity contribution in [3.05, 3.63) is 0 Å². The molecule has 0 bridgehead atoms. The Balaban J connectivity index is 2.91. The summed E-state index contributed by atoms with van der Waals surface area (Å²) in [7, 11) is 0. The van der Waals surface area contributed by atoms with E-state index in [0.717, 1.165) is 6.92 Å². The molecule has 3 nitrogen and oxygen atoms in total. The number of rotatable bonds is 4. The van der Waals surface area contributed by atoms with Gasteiger partial charge in [0.1, 0.15) is 6.10 Å². The quantitative estimate of drug-likeness (QED) is 0.425. The molecule has 1 N–H and O–H groups in total. The van der Waals surface area contributed by atoms with E-state index in [0.29, 0.717) is 23.7 Å². The molecule has 0 saturated heterocycles. The normalized spacial score (nSPS) is 27.0. The van der Waals surface area contributed by atoms with Crippen molar-refractivity contribution in [2.75, 3.05) is 4.43 Å². The monoisotopic (exact) mass is 422 g/mol. The Morgan fingerprint density at radius 1 is 1.24 bits per heavy atom. The van der Waals surface area contributed by atoms with Crippen molar-refractivity contribution in [1.82, 2.24) is 0 Å². The SMILES string of the molecule is CC(C)(CI)C(=O)OC1CCCCC1C(C)(O)C(F)(F)F. The molecule has 3 atom stereocenters. The summed E-state index contributed by atoms with van der Waals surface area (Å²) >= 11 is 2.04. The van der Waals surface area contributed by atoms with Gasteiger partial charge < -0.3 is 9.84 Å². The molecule has 1 fully saturated rings. The van der Waals surface area contributed by atoms with Crippen molar-refractivity contribution in [2.24, 2.45) is 11.3 Å². The Morgan fingerprint density at radius 2 is 1.76 bits per heavy atom. The van der Waals surface area contributed by atoms with Crippen LogP contribution < -0.4 is 0 Å². The summed E-state index contributed by atoms with van der Waals surface area (Å²) in [4.78, 5) is 12.1. The lowest BCUT2D eigenvalue weighted by atomic mass is 9.75. The lowest BCUT2D eigenvalue weighted by Gasteiger charge is -2.42. The highest BCUT2D eigenvalue weighted by atomic mass is 127. The molecule has 3 unspecified atom stereocenters. The van der Waals surface area contributed by atoms with E-state index < -0.39 is 35.2 Å². The predicted molar refractivity (Wildman–Crippen MR) is 81.2 cm³/mol. The van der Waals surface area contributed by atoms with Gasteiger partial charge in [0.05, 0.1) is 5.41 Å². The zero-order valence-electron chi connectivity index (χ0n) is 12.5. The number of hydrogen-bond acceptors (Lipinski definition) is 3. The molecule has 0 radical (unpaired) electrons. The van der Waals surface area contributed by atoms with Crippen LogP contribution in [0.2, 0.25) is 0 Å². The van der Waals surface area contributed by atoms with Gasteiger partial charge in [0.25, 0.3) is 0 Å². The van der Waals surface area contributed by atoms with E-state index in [1.807, 2.05) is 22.6 Å². The van der Waals surface area contributed by atoms with Gasteiger partial charge in [-0.1, -0.05) is 29.0 Å². The number of esters is 1. The number of carbonyl (C=O) groups is 1. The van der Waals surface area contributed by atoms with Crippen molar-refractivity contribution < 1.29 is 27.8 Å². The summed E-state index contributed by atoms with van der Waals surface area (Å²) < 4.78 is 45.0. The Morgan fingerprint density at radius 3 is 2.24 bits per heavy atom. The number of halogens is 4. The molecular formula is C14H22F3IO3. The maximum atomic E-state index is 13.0. The van der Waals surface area contributed by atoms with Gasteiger partial charge in [-0.2, -0.15) is 13.2 Å². The zero-order chi connectivity index (χ0) is 16.5. The molecule has 0 heterocycles. The van der Waals surface area contributed by atoms with E-state index in [1.165, 1.54) is 0 Å². The van der Waals surface area contributed by atoms with Crippen LogP contribution in [0.3, 0.4) is 0 Å². The fourth-order valence-corrected chi connectivity index (χ4v) is 2.75. The van der Waals surface area contributed by atoms with E-state index in [1.54, 1.807) is 13.8 Å². The highest BCUT2D eigenvalue weighted by molar-refractivity contribution is 14.1. The lowest BCUT2D eigenvalue weighted by molar-refractivity contribution is -0.286. The fourth-order valence-electron chi connectivity index (χ4n) is 2.44. The Kier molecular flexibility index (Phi) is 5.97. The molecule has 0 spiro atoms. The van der Waals surface area contributed by atoms with Gasteiger partial charge in [0, 0.05) is 10.3 Å². The fraction of sp³-hybridized carbons (Fsp3) is 0.929. The Hall–Kier alpha value is -0.0500. The molecule has 1 saturated carbocycles. The van der Waals surface area contributed by atoms with Gasteiger partial charge in [-0.15, -0.1) is 0 Å². The van der Waals surface area contributed by atoms with Gasteiger partial charge in [-0.3, -0.25) is 4.79 Å². The summed E-state index contributed by atoms with van der Waals surface area (Å²) in [5.74, 6) is -1.62. The molecule has 1 rings (SSSR count). The Bertz CT molecular complexity index is 380. The highest BCUT2D eigenvalue weighted by Crippen LogP contribution is 2.44. The van der Waals surface area contributed by atoms with E-state index in [2.05, 4.69) is 0 Å². The van der Waals surface area contributed by atoms with Crippen LogP contribution in [0.15, 0.2) is 0 Å². The van der Waals surface area contributed by atoms with Crippen molar-refractivity contribution in [3.8, 4) is 0 Å². The third kappa shape index (κ3) is 4.24. The van der Waals surface area contributed by atoms with Crippen molar-refractivity contribution >= 4 is 28.6 Å². The third-order valence-electron chi connectivity index (χ3n) is 4.14. The first-order valence-corrected chi connectivity index (χ1v) is 8.52. The zero-order valence-corrected chi connectivity index (χ0v) is 14.6. The molecule has 0 aromatic heterocycles. The number of aliphatic hydroxyl groups is 1. The summed E-state index contributed by atoms with van der Waals surface area (Å²) in [6, 6.07) is 0. The van der Waals surface area contributed by atoms with Gasteiger partial charge in [-0.05, 0) is 40.0 Å². The van der Waals surface area contributed by atoms with E-state index in [4.69, 9.17) is 4.74 Å². The summed E-state index contributed by atoms with van der Waals surface area (Å²) in [5, 5.41) is 9.90. The number of carbonyl (C=O) groups excluding carboxylic acids is 1. The molecule has 0 aromatic carbocycles. The second-order valence-corrected chi connectivity index (χ2v) is 7.26. The number of hydrogen-bond donors (Lipinski definition) is 1. The minimum atomic E-state index is -4.74. The third-order valence-corrected chi connectivity index (χ3v) is 6.05. The molecule has 0 aromatic rings. The van der Waals surface area contributed by atoms with Gasteiger partial charge >= 0.3 is 12.1 Å². The van der Waals surface area contributed by atoms with Gasteiger partial charge in [0.2, 0.25) is 0 Å². The minimum absolute atomic E-state index is 0.203. The molecule has 1 aliphatic rings. The lowest BCUT2D eigenvalue weighted by Crippen LogP contribution is -2.55. The van der Waals surface area contributed by atoms with Crippen LogP contribution in [-0.2, 0) is 9.53 Å². The molecule has 1 aliphatic carbocycles. The standard InChI is InChI=1S/C14H22F3IO3/c1-12(2,8-18)11(19)21-10-7-5-4-6-9(10)13(3,20)14(15,16)17/h9-10,20H,4-8H2,1-3H3. The van der Waals surface area contributed by atoms with Crippen LogP contribution in [0, 0.1) is 11.3 Å². The molecular weight excluding hydrogens is 400 g/mol. The molecule has 21 heavy (non-hydrogen) atoms. The summed E-state index contributed by atoms with van der Waals surface area (Å²) in [6.45, 7) is 4.16. The van der Waals surface area contributed by atoms with Crippen LogP contribution in [0.25, 0.3) is 0 Å².